The average Bonchev–Trinajstić information content (AvgIpc) is 2.77. The van der Waals surface area contributed by atoms with Gasteiger partial charge in [-0.05, 0) is 49.3 Å². The second-order valence-electron chi connectivity index (χ2n) is 5.35. The molecule has 1 aliphatic carbocycles. The highest BCUT2D eigenvalue weighted by Gasteiger charge is 2.34. The van der Waals surface area contributed by atoms with Gasteiger partial charge in [0.2, 0.25) is 0 Å². The fraction of sp³-hybridized carbons (Fsp3) is 0.625. The van der Waals surface area contributed by atoms with E-state index in [2.05, 4.69) is 43.4 Å². The molecule has 100 valence electrons. The molecule has 0 bridgehead atoms. The van der Waals surface area contributed by atoms with Crippen LogP contribution in [0.2, 0.25) is 0 Å². The maximum Gasteiger partial charge on any atom is 0.122 e. The molecule has 1 aromatic carbocycles. The molecule has 1 aliphatic rings. The second kappa shape index (κ2) is 6.24. The van der Waals surface area contributed by atoms with Crippen LogP contribution in [0.3, 0.4) is 0 Å². The average molecular weight is 247 g/mol. The van der Waals surface area contributed by atoms with E-state index in [0.29, 0.717) is 17.9 Å². The minimum absolute atomic E-state index is 0.635. The number of methoxy groups -OCH3 is 1. The molecule has 1 saturated carbocycles. The molecule has 2 heteroatoms. The molecule has 1 N–H and O–H groups in total. The first-order chi connectivity index (χ1) is 8.77. The molecule has 2 nitrogen and oxygen atoms in total. The Morgan fingerprint density at radius 3 is 2.78 bits per heavy atom. The summed E-state index contributed by atoms with van der Waals surface area (Å²) in [5, 5.41) is 3.68. The van der Waals surface area contributed by atoms with Crippen LogP contribution >= 0.6 is 0 Å². The maximum atomic E-state index is 5.50. The predicted molar refractivity (Wildman–Crippen MR) is 76.2 cm³/mol. The standard InChI is InChI=1S/C16H25NO/c1-4-11-17-15-10-9-13(12(15)2)14-7-5-6-8-16(14)18-3/h5-8,12-13,15,17H,4,9-11H2,1-3H3. The summed E-state index contributed by atoms with van der Waals surface area (Å²) >= 11 is 0. The number of ether oxygens (including phenoxy) is 1. The summed E-state index contributed by atoms with van der Waals surface area (Å²) in [6.45, 7) is 5.73. The van der Waals surface area contributed by atoms with Gasteiger partial charge in [0.05, 0.1) is 7.11 Å². The van der Waals surface area contributed by atoms with Crippen LogP contribution in [0.25, 0.3) is 0 Å². The van der Waals surface area contributed by atoms with Gasteiger partial charge in [0.25, 0.3) is 0 Å². The van der Waals surface area contributed by atoms with Crippen LogP contribution in [0.15, 0.2) is 24.3 Å². The van der Waals surface area contributed by atoms with Crippen molar-refractivity contribution in [2.75, 3.05) is 13.7 Å². The summed E-state index contributed by atoms with van der Waals surface area (Å²) in [5.41, 5.74) is 1.38. The smallest absolute Gasteiger partial charge is 0.122 e. The summed E-state index contributed by atoms with van der Waals surface area (Å²) in [5.74, 6) is 2.37. The summed E-state index contributed by atoms with van der Waals surface area (Å²) in [4.78, 5) is 0. The van der Waals surface area contributed by atoms with Crippen molar-refractivity contribution >= 4 is 0 Å². The van der Waals surface area contributed by atoms with E-state index in [1.807, 2.05) is 0 Å². The van der Waals surface area contributed by atoms with Crippen molar-refractivity contribution in [3.8, 4) is 5.75 Å². The Labute approximate surface area is 111 Å². The molecule has 0 amide bonds. The van der Waals surface area contributed by atoms with Crippen molar-refractivity contribution in [1.29, 1.82) is 0 Å². The molecule has 0 heterocycles. The molecule has 1 aromatic rings. The zero-order chi connectivity index (χ0) is 13.0. The summed E-state index contributed by atoms with van der Waals surface area (Å²) in [6.07, 6.45) is 3.76. The van der Waals surface area contributed by atoms with E-state index < -0.39 is 0 Å². The summed E-state index contributed by atoms with van der Waals surface area (Å²) < 4.78 is 5.50. The Kier molecular flexibility index (Phi) is 4.65. The van der Waals surface area contributed by atoms with Gasteiger partial charge in [0, 0.05) is 6.04 Å². The van der Waals surface area contributed by atoms with Gasteiger partial charge in [-0.25, -0.2) is 0 Å². The third-order valence-electron chi connectivity index (χ3n) is 4.25. The van der Waals surface area contributed by atoms with Gasteiger partial charge in [-0.1, -0.05) is 32.0 Å². The van der Waals surface area contributed by atoms with Crippen LogP contribution in [0, 0.1) is 5.92 Å². The molecule has 2 rings (SSSR count). The first kappa shape index (κ1) is 13.4. The van der Waals surface area contributed by atoms with E-state index in [1.165, 1.54) is 24.8 Å². The molecule has 0 spiro atoms. The van der Waals surface area contributed by atoms with E-state index in [4.69, 9.17) is 4.74 Å². The fourth-order valence-corrected chi connectivity index (χ4v) is 3.19. The molecule has 3 unspecified atom stereocenters. The Morgan fingerprint density at radius 1 is 1.28 bits per heavy atom. The molecule has 18 heavy (non-hydrogen) atoms. The monoisotopic (exact) mass is 247 g/mol. The van der Waals surface area contributed by atoms with Gasteiger partial charge < -0.3 is 10.1 Å². The highest BCUT2D eigenvalue weighted by atomic mass is 16.5. The van der Waals surface area contributed by atoms with Crippen molar-refractivity contribution in [2.24, 2.45) is 5.92 Å². The lowest BCUT2D eigenvalue weighted by molar-refractivity contribution is 0.380. The lowest BCUT2D eigenvalue weighted by atomic mass is 9.88. The van der Waals surface area contributed by atoms with Crippen molar-refractivity contribution < 1.29 is 4.74 Å². The number of para-hydroxylation sites is 1. The SMILES string of the molecule is CCCNC1CCC(c2ccccc2OC)C1C. The normalized spacial score (nSPS) is 27.4. The number of hydrogen-bond acceptors (Lipinski definition) is 2. The number of hydrogen-bond donors (Lipinski definition) is 1. The molecular formula is C16H25NO. The van der Waals surface area contributed by atoms with Gasteiger partial charge in [-0.2, -0.15) is 0 Å². The quantitative estimate of drug-likeness (QED) is 0.858. The second-order valence-corrected chi connectivity index (χ2v) is 5.35. The van der Waals surface area contributed by atoms with Crippen LogP contribution in [0.1, 0.15) is 44.6 Å². The van der Waals surface area contributed by atoms with Crippen LogP contribution in [0.4, 0.5) is 0 Å². The highest BCUT2D eigenvalue weighted by Crippen LogP contribution is 2.42. The van der Waals surface area contributed by atoms with E-state index >= 15 is 0 Å². The maximum absolute atomic E-state index is 5.50. The molecule has 0 aliphatic heterocycles. The zero-order valence-electron chi connectivity index (χ0n) is 11.8. The minimum atomic E-state index is 0.635. The number of nitrogens with one attached hydrogen (secondary N) is 1. The molecule has 0 radical (unpaired) electrons. The van der Waals surface area contributed by atoms with E-state index in [-0.39, 0.29) is 0 Å². The van der Waals surface area contributed by atoms with Gasteiger partial charge in [-0.3, -0.25) is 0 Å². The van der Waals surface area contributed by atoms with E-state index in [9.17, 15) is 0 Å². The van der Waals surface area contributed by atoms with Crippen LogP contribution < -0.4 is 10.1 Å². The number of benzene rings is 1. The Bertz CT molecular complexity index is 377. The Hall–Kier alpha value is -1.02. The minimum Gasteiger partial charge on any atom is -0.496 e. The van der Waals surface area contributed by atoms with E-state index in [0.717, 1.165) is 12.3 Å². The van der Waals surface area contributed by atoms with Crippen LogP contribution in [-0.4, -0.2) is 19.7 Å². The van der Waals surface area contributed by atoms with Crippen molar-refractivity contribution in [3.05, 3.63) is 29.8 Å². The summed E-state index contributed by atoms with van der Waals surface area (Å²) in [6, 6.07) is 9.14. The largest absolute Gasteiger partial charge is 0.496 e. The highest BCUT2D eigenvalue weighted by molar-refractivity contribution is 5.37. The van der Waals surface area contributed by atoms with Crippen molar-refractivity contribution in [1.82, 2.24) is 5.32 Å². The topological polar surface area (TPSA) is 21.3 Å². The molecule has 3 atom stereocenters. The first-order valence-corrected chi connectivity index (χ1v) is 7.14. The van der Waals surface area contributed by atoms with Crippen molar-refractivity contribution in [2.45, 2.75) is 45.1 Å². The Balaban J connectivity index is 2.10. The first-order valence-electron chi connectivity index (χ1n) is 7.14. The third kappa shape index (κ3) is 2.69. The number of rotatable bonds is 5. The van der Waals surface area contributed by atoms with Crippen LogP contribution in [-0.2, 0) is 0 Å². The van der Waals surface area contributed by atoms with Crippen LogP contribution in [0.5, 0.6) is 5.75 Å². The van der Waals surface area contributed by atoms with Gasteiger partial charge in [0.15, 0.2) is 0 Å². The van der Waals surface area contributed by atoms with Gasteiger partial charge in [-0.15, -0.1) is 0 Å². The van der Waals surface area contributed by atoms with Gasteiger partial charge in [0.1, 0.15) is 5.75 Å². The molecular weight excluding hydrogens is 222 g/mol. The van der Waals surface area contributed by atoms with E-state index in [1.54, 1.807) is 7.11 Å². The Morgan fingerprint density at radius 2 is 2.06 bits per heavy atom. The van der Waals surface area contributed by atoms with Crippen molar-refractivity contribution in [3.63, 3.8) is 0 Å². The summed E-state index contributed by atoms with van der Waals surface area (Å²) in [7, 11) is 1.77. The molecule has 1 fully saturated rings. The lowest BCUT2D eigenvalue weighted by Gasteiger charge is -2.23. The lowest BCUT2D eigenvalue weighted by Crippen LogP contribution is -2.32. The molecule has 0 aromatic heterocycles. The third-order valence-corrected chi connectivity index (χ3v) is 4.25. The molecule has 0 saturated heterocycles. The van der Waals surface area contributed by atoms with Gasteiger partial charge >= 0.3 is 0 Å². The zero-order valence-corrected chi connectivity index (χ0v) is 11.8. The fourth-order valence-electron chi connectivity index (χ4n) is 3.19. The predicted octanol–water partition coefficient (Wildman–Crippen LogP) is 3.58.